The smallest absolute Gasteiger partial charge is 0.0708 e. The molecule has 4 atom stereocenters. The van der Waals surface area contributed by atoms with E-state index in [1.165, 1.54) is 30.2 Å². The van der Waals surface area contributed by atoms with Gasteiger partial charge in [0, 0.05) is 17.1 Å². The molecule has 1 aromatic heterocycles. The molecule has 0 amide bonds. The normalized spacial score (nSPS) is 27.7. The molecule has 0 aliphatic heterocycles. The van der Waals surface area contributed by atoms with E-state index in [-0.39, 0.29) is 6.04 Å². The Morgan fingerprint density at radius 3 is 2.67 bits per heavy atom. The van der Waals surface area contributed by atoms with Crippen LogP contribution in [-0.4, -0.2) is 4.98 Å². The van der Waals surface area contributed by atoms with Crippen LogP contribution in [0.4, 0.5) is 0 Å². The fraction of sp³-hybridized carbons (Fsp3) is 0.526. The first-order valence-corrected chi connectivity index (χ1v) is 8.18. The lowest BCUT2D eigenvalue weighted by Gasteiger charge is -2.35. The van der Waals surface area contributed by atoms with Gasteiger partial charge in [0.05, 0.1) is 5.52 Å². The average Bonchev–Trinajstić information content (AvgIpc) is 2.48. The highest BCUT2D eigenvalue weighted by molar-refractivity contribution is 5.82. The molecule has 0 radical (unpaired) electrons. The minimum absolute atomic E-state index is 0.131. The largest absolute Gasteiger partial charge is 0.324 e. The van der Waals surface area contributed by atoms with Crippen molar-refractivity contribution >= 4 is 10.9 Å². The van der Waals surface area contributed by atoms with Crippen molar-refractivity contribution < 1.29 is 0 Å². The van der Waals surface area contributed by atoms with E-state index in [2.05, 4.69) is 56.1 Å². The van der Waals surface area contributed by atoms with E-state index in [4.69, 9.17) is 5.73 Å². The predicted molar refractivity (Wildman–Crippen MR) is 89.1 cm³/mol. The molecule has 2 heteroatoms. The second-order valence-electron chi connectivity index (χ2n) is 6.92. The highest BCUT2D eigenvalue weighted by atomic mass is 14.7. The summed E-state index contributed by atoms with van der Waals surface area (Å²) in [7, 11) is 0. The SMILES string of the molecule is Cc1cc(C(N)C2CCC(C)C(C)C2)c2ccccc2n1. The van der Waals surface area contributed by atoms with Crippen molar-refractivity contribution in [3.05, 3.63) is 41.6 Å². The van der Waals surface area contributed by atoms with Crippen molar-refractivity contribution in [2.45, 2.75) is 46.1 Å². The van der Waals surface area contributed by atoms with Crippen molar-refractivity contribution in [1.82, 2.24) is 4.98 Å². The maximum absolute atomic E-state index is 6.68. The van der Waals surface area contributed by atoms with Gasteiger partial charge in [-0.3, -0.25) is 4.98 Å². The van der Waals surface area contributed by atoms with Crippen LogP contribution in [0.25, 0.3) is 10.9 Å². The van der Waals surface area contributed by atoms with Gasteiger partial charge in [0.1, 0.15) is 0 Å². The molecular weight excluding hydrogens is 256 g/mol. The number of nitrogens with two attached hydrogens (primary N) is 1. The van der Waals surface area contributed by atoms with Gasteiger partial charge < -0.3 is 5.73 Å². The molecule has 2 aromatic rings. The predicted octanol–water partition coefficient (Wildman–Crippen LogP) is 4.62. The third-order valence-electron chi connectivity index (χ3n) is 5.38. The first kappa shape index (κ1) is 14.5. The van der Waals surface area contributed by atoms with Crippen LogP contribution in [0.5, 0.6) is 0 Å². The number of aryl methyl sites for hydroxylation is 1. The topological polar surface area (TPSA) is 38.9 Å². The average molecular weight is 282 g/mol. The van der Waals surface area contributed by atoms with Gasteiger partial charge in [-0.25, -0.2) is 0 Å². The number of hydrogen-bond acceptors (Lipinski definition) is 2. The lowest BCUT2D eigenvalue weighted by Crippen LogP contribution is -2.29. The summed E-state index contributed by atoms with van der Waals surface area (Å²) in [5, 5.41) is 1.22. The van der Waals surface area contributed by atoms with E-state index in [0.717, 1.165) is 23.0 Å². The Labute approximate surface area is 127 Å². The summed E-state index contributed by atoms with van der Waals surface area (Å²) in [6.45, 7) is 6.81. The molecule has 1 saturated carbocycles. The molecule has 0 bridgehead atoms. The number of nitrogens with zero attached hydrogens (tertiary/aromatic N) is 1. The number of para-hydroxylation sites is 1. The quantitative estimate of drug-likeness (QED) is 0.873. The second kappa shape index (κ2) is 5.76. The highest BCUT2D eigenvalue weighted by Gasteiger charge is 2.29. The molecule has 3 rings (SSSR count). The van der Waals surface area contributed by atoms with Gasteiger partial charge in [0.15, 0.2) is 0 Å². The van der Waals surface area contributed by atoms with Crippen LogP contribution >= 0.6 is 0 Å². The molecule has 1 aliphatic carbocycles. The number of rotatable bonds is 2. The van der Waals surface area contributed by atoms with Crippen molar-refractivity contribution in [2.24, 2.45) is 23.5 Å². The Bertz CT molecular complexity index is 634. The molecule has 1 aliphatic rings. The van der Waals surface area contributed by atoms with E-state index in [0.29, 0.717) is 5.92 Å². The fourth-order valence-corrected chi connectivity index (χ4v) is 3.79. The Balaban J connectivity index is 1.96. The first-order chi connectivity index (χ1) is 10.1. The molecule has 4 unspecified atom stereocenters. The maximum atomic E-state index is 6.68. The monoisotopic (exact) mass is 282 g/mol. The van der Waals surface area contributed by atoms with Crippen LogP contribution in [0.2, 0.25) is 0 Å². The Morgan fingerprint density at radius 2 is 1.90 bits per heavy atom. The van der Waals surface area contributed by atoms with Gasteiger partial charge in [-0.05, 0) is 55.2 Å². The summed E-state index contributed by atoms with van der Waals surface area (Å²) < 4.78 is 0. The molecule has 21 heavy (non-hydrogen) atoms. The van der Waals surface area contributed by atoms with Gasteiger partial charge in [-0.15, -0.1) is 0 Å². The Hall–Kier alpha value is -1.41. The van der Waals surface area contributed by atoms with Gasteiger partial charge in [-0.1, -0.05) is 38.5 Å². The number of benzene rings is 1. The van der Waals surface area contributed by atoms with E-state index >= 15 is 0 Å². The van der Waals surface area contributed by atoms with Crippen LogP contribution in [0.3, 0.4) is 0 Å². The van der Waals surface area contributed by atoms with Crippen molar-refractivity contribution in [3.63, 3.8) is 0 Å². The summed E-state index contributed by atoms with van der Waals surface area (Å²) in [6, 6.07) is 10.7. The zero-order valence-electron chi connectivity index (χ0n) is 13.3. The van der Waals surface area contributed by atoms with E-state index in [1.807, 2.05) is 0 Å². The summed E-state index contributed by atoms with van der Waals surface area (Å²) in [6.07, 6.45) is 3.81. The lowest BCUT2D eigenvalue weighted by atomic mass is 9.72. The summed E-state index contributed by atoms with van der Waals surface area (Å²) in [4.78, 5) is 4.64. The van der Waals surface area contributed by atoms with Crippen LogP contribution in [0, 0.1) is 24.7 Å². The van der Waals surface area contributed by atoms with Crippen LogP contribution < -0.4 is 5.73 Å². The fourth-order valence-electron chi connectivity index (χ4n) is 3.79. The highest BCUT2D eigenvalue weighted by Crippen LogP contribution is 2.40. The van der Waals surface area contributed by atoms with Crippen molar-refractivity contribution in [3.8, 4) is 0 Å². The van der Waals surface area contributed by atoms with Crippen LogP contribution in [-0.2, 0) is 0 Å². The molecular formula is C19H26N2. The molecule has 0 saturated heterocycles. The number of pyridine rings is 1. The van der Waals surface area contributed by atoms with Crippen LogP contribution in [0.15, 0.2) is 30.3 Å². The van der Waals surface area contributed by atoms with E-state index < -0.39 is 0 Å². The number of fused-ring (bicyclic) bond motifs is 1. The summed E-state index contributed by atoms with van der Waals surface area (Å²) in [5.41, 5.74) is 10.1. The molecule has 1 aromatic carbocycles. The van der Waals surface area contributed by atoms with Crippen molar-refractivity contribution in [2.75, 3.05) is 0 Å². The van der Waals surface area contributed by atoms with Gasteiger partial charge in [-0.2, -0.15) is 0 Å². The second-order valence-corrected chi connectivity index (χ2v) is 6.92. The molecule has 0 spiro atoms. The Morgan fingerprint density at radius 1 is 1.14 bits per heavy atom. The third-order valence-corrected chi connectivity index (χ3v) is 5.38. The summed E-state index contributed by atoms with van der Waals surface area (Å²) in [5.74, 6) is 2.22. The zero-order valence-corrected chi connectivity index (χ0v) is 13.3. The number of hydrogen-bond donors (Lipinski definition) is 1. The standard InChI is InChI=1S/C19H26N2/c1-12-8-9-15(10-13(12)2)19(20)17-11-14(3)21-18-7-5-4-6-16(17)18/h4-7,11-13,15,19H,8-10,20H2,1-3H3. The van der Waals surface area contributed by atoms with E-state index in [1.54, 1.807) is 0 Å². The Kier molecular flexibility index (Phi) is 3.99. The van der Waals surface area contributed by atoms with Crippen LogP contribution in [0.1, 0.15) is 50.4 Å². The minimum atomic E-state index is 0.131. The van der Waals surface area contributed by atoms with E-state index in [9.17, 15) is 0 Å². The molecule has 2 N–H and O–H groups in total. The lowest BCUT2D eigenvalue weighted by molar-refractivity contribution is 0.186. The zero-order chi connectivity index (χ0) is 15.0. The molecule has 112 valence electrons. The van der Waals surface area contributed by atoms with Crippen molar-refractivity contribution in [1.29, 1.82) is 0 Å². The molecule has 1 heterocycles. The maximum Gasteiger partial charge on any atom is 0.0708 e. The minimum Gasteiger partial charge on any atom is -0.324 e. The third kappa shape index (κ3) is 2.82. The molecule has 2 nitrogen and oxygen atoms in total. The van der Waals surface area contributed by atoms with Gasteiger partial charge in [0.2, 0.25) is 0 Å². The first-order valence-electron chi connectivity index (χ1n) is 8.18. The summed E-state index contributed by atoms with van der Waals surface area (Å²) >= 11 is 0. The van der Waals surface area contributed by atoms with Gasteiger partial charge >= 0.3 is 0 Å². The molecule has 1 fully saturated rings. The van der Waals surface area contributed by atoms with Gasteiger partial charge in [0.25, 0.3) is 0 Å². The number of aromatic nitrogens is 1.